The lowest BCUT2D eigenvalue weighted by Crippen LogP contribution is -2.57. The van der Waals surface area contributed by atoms with Gasteiger partial charge in [0.25, 0.3) is 0 Å². The van der Waals surface area contributed by atoms with Crippen LogP contribution < -0.4 is 5.32 Å². The lowest BCUT2D eigenvalue weighted by Gasteiger charge is -2.45. The van der Waals surface area contributed by atoms with Gasteiger partial charge >= 0.3 is 6.18 Å². The van der Waals surface area contributed by atoms with Gasteiger partial charge in [-0.25, -0.2) is 0 Å². The van der Waals surface area contributed by atoms with Crippen molar-refractivity contribution in [3.8, 4) is 0 Å². The predicted octanol–water partition coefficient (Wildman–Crippen LogP) is 3.57. The largest absolute Gasteiger partial charge is 0.391 e. The molecule has 3 atom stereocenters. The first-order chi connectivity index (χ1) is 9.38. The summed E-state index contributed by atoms with van der Waals surface area (Å²) in [4.78, 5) is 2.31. The van der Waals surface area contributed by atoms with Gasteiger partial charge in [-0.05, 0) is 45.2 Å². The van der Waals surface area contributed by atoms with E-state index in [9.17, 15) is 13.2 Å². The van der Waals surface area contributed by atoms with E-state index in [0.717, 1.165) is 25.9 Å². The highest BCUT2D eigenvalue weighted by molar-refractivity contribution is 4.94. The Balaban J connectivity index is 2.05. The molecule has 2 nitrogen and oxygen atoms in total. The Morgan fingerprint density at radius 2 is 1.70 bits per heavy atom. The van der Waals surface area contributed by atoms with Crippen LogP contribution in [0.3, 0.4) is 0 Å². The Labute approximate surface area is 120 Å². The second-order valence-corrected chi connectivity index (χ2v) is 6.64. The molecule has 0 aromatic heterocycles. The minimum absolute atomic E-state index is 0.0538. The number of nitrogens with one attached hydrogen (secondary N) is 1. The van der Waals surface area contributed by atoms with Crippen molar-refractivity contribution >= 4 is 0 Å². The number of halogens is 3. The van der Waals surface area contributed by atoms with Crippen LogP contribution in [0.4, 0.5) is 13.2 Å². The Morgan fingerprint density at radius 3 is 2.25 bits per heavy atom. The summed E-state index contributed by atoms with van der Waals surface area (Å²) in [6.45, 7) is 6.07. The molecule has 118 valence electrons. The van der Waals surface area contributed by atoms with Crippen molar-refractivity contribution in [3.05, 3.63) is 0 Å². The summed E-state index contributed by atoms with van der Waals surface area (Å²) < 4.78 is 39.1. The van der Waals surface area contributed by atoms with E-state index >= 15 is 0 Å². The monoisotopic (exact) mass is 292 g/mol. The van der Waals surface area contributed by atoms with Crippen molar-refractivity contribution in [2.24, 2.45) is 5.92 Å². The van der Waals surface area contributed by atoms with Crippen molar-refractivity contribution in [3.63, 3.8) is 0 Å². The van der Waals surface area contributed by atoms with E-state index in [1.165, 1.54) is 6.42 Å². The van der Waals surface area contributed by atoms with Crippen LogP contribution in [0.2, 0.25) is 0 Å². The zero-order chi connectivity index (χ0) is 14.8. The first-order valence-corrected chi connectivity index (χ1v) is 7.94. The lowest BCUT2D eigenvalue weighted by atomic mass is 9.80. The van der Waals surface area contributed by atoms with Gasteiger partial charge in [0.15, 0.2) is 0 Å². The molecule has 0 spiro atoms. The highest BCUT2D eigenvalue weighted by Gasteiger charge is 2.46. The molecule has 20 heavy (non-hydrogen) atoms. The summed E-state index contributed by atoms with van der Waals surface area (Å²) in [5.41, 5.74) is 0. The fourth-order valence-corrected chi connectivity index (χ4v) is 3.72. The molecule has 2 aliphatic rings. The normalized spacial score (nSPS) is 33.6. The maximum absolute atomic E-state index is 13.0. The van der Waals surface area contributed by atoms with Crippen LogP contribution in [0.25, 0.3) is 0 Å². The molecule has 0 radical (unpaired) electrons. The quantitative estimate of drug-likeness (QED) is 0.855. The SMILES string of the molecule is CC(C)N[C@H]1CC[C@H](C(F)(F)F)C[C@@H]1N1CCCCC1. The predicted molar refractivity (Wildman–Crippen MR) is 74.7 cm³/mol. The molecule has 0 bridgehead atoms. The van der Waals surface area contributed by atoms with Crippen LogP contribution in [-0.4, -0.2) is 42.3 Å². The van der Waals surface area contributed by atoms with Crippen molar-refractivity contribution in [2.75, 3.05) is 13.1 Å². The number of likely N-dealkylation sites (tertiary alicyclic amines) is 1. The van der Waals surface area contributed by atoms with Crippen molar-refractivity contribution in [2.45, 2.75) is 76.7 Å². The van der Waals surface area contributed by atoms with Crippen molar-refractivity contribution < 1.29 is 13.2 Å². The van der Waals surface area contributed by atoms with Gasteiger partial charge in [0, 0.05) is 18.1 Å². The van der Waals surface area contributed by atoms with Crippen molar-refractivity contribution in [1.82, 2.24) is 10.2 Å². The molecule has 2 rings (SSSR count). The molecular weight excluding hydrogens is 265 g/mol. The molecule has 1 saturated carbocycles. The standard InChI is InChI=1S/C15H27F3N2/c1-11(2)19-13-7-6-12(15(16,17)18)10-14(13)20-8-4-3-5-9-20/h11-14,19H,3-10H2,1-2H3/t12-,13-,14-/m0/s1. The Bertz CT molecular complexity index is 298. The molecule has 0 amide bonds. The van der Waals surface area contributed by atoms with Gasteiger partial charge in [-0.2, -0.15) is 13.2 Å². The molecule has 1 aliphatic carbocycles. The molecule has 0 unspecified atom stereocenters. The fourth-order valence-electron chi connectivity index (χ4n) is 3.72. The van der Waals surface area contributed by atoms with E-state index in [1.807, 2.05) is 0 Å². The highest BCUT2D eigenvalue weighted by Crippen LogP contribution is 2.39. The molecule has 1 saturated heterocycles. The summed E-state index contributed by atoms with van der Waals surface area (Å²) in [6.07, 6.45) is 0.629. The minimum Gasteiger partial charge on any atom is -0.310 e. The van der Waals surface area contributed by atoms with Crippen molar-refractivity contribution in [1.29, 1.82) is 0 Å². The van der Waals surface area contributed by atoms with Crippen LogP contribution in [0.15, 0.2) is 0 Å². The highest BCUT2D eigenvalue weighted by atomic mass is 19.4. The minimum atomic E-state index is -4.03. The Kier molecular flexibility index (Phi) is 5.35. The molecule has 1 N–H and O–H groups in total. The van der Waals surface area contributed by atoms with E-state index in [2.05, 4.69) is 24.1 Å². The van der Waals surface area contributed by atoms with Crippen LogP contribution in [0.5, 0.6) is 0 Å². The summed E-state index contributed by atoms with van der Waals surface area (Å²) in [7, 11) is 0. The molecule has 0 aromatic rings. The van der Waals surface area contributed by atoms with Gasteiger partial charge in [-0.3, -0.25) is 4.90 Å². The van der Waals surface area contributed by atoms with Crippen LogP contribution in [0, 0.1) is 5.92 Å². The first-order valence-electron chi connectivity index (χ1n) is 7.94. The van der Waals surface area contributed by atoms with E-state index in [0.29, 0.717) is 12.5 Å². The fraction of sp³-hybridized carbons (Fsp3) is 1.00. The van der Waals surface area contributed by atoms with Crippen LogP contribution >= 0.6 is 0 Å². The first kappa shape index (κ1) is 16.1. The average molecular weight is 292 g/mol. The summed E-state index contributed by atoms with van der Waals surface area (Å²) >= 11 is 0. The van der Waals surface area contributed by atoms with Gasteiger partial charge in [0.1, 0.15) is 0 Å². The molecule has 5 heteroatoms. The molecular formula is C15H27F3N2. The third-order valence-electron chi connectivity index (χ3n) is 4.69. The number of alkyl halides is 3. The summed E-state index contributed by atoms with van der Waals surface area (Å²) in [5, 5.41) is 3.49. The van der Waals surface area contributed by atoms with E-state index in [1.54, 1.807) is 0 Å². The summed E-state index contributed by atoms with van der Waals surface area (Å²) in [6, 6.07) is 0.597. The van der Waals surface area contributed by atoms with Gasteiger partial charge in [-0.15, -0.1) is 0 Å². The van der Waals surface area contributed by atoms with Gasteiger partial charge < -0.3 is 5.32 Å². The third-order valence-corrected chi connectivity index (χ3v) is 4.69. The number of hydrogen-bond acceptors (Lipinski definition) is 2. The maximum atomic E-state index is 13.0. The molecule has 0 aromatic carbocycles. The number of nitrogens with zero attached hydrogens (tertiary/aromatic N) is 1. The number of piperidine rings is 1. The second-order valence-electron chi connectivity index (χ2n) is 6.64. The Hall–Kier alpha value is -0.290. The molecule has 1 aliphatic heterocycles. The third kappa shape index (κ3) is 4.10. The summed E-state index contributed by atoms with van der Waals surface area (Å²) in [5.74, 6) is -1.11. The topological polar surface area (TPSA) is 15.3 Å². The second kappa shape index (κ2) is 6.65. The lowest BCUT2D eigenvalue weighted by molar-refractivity contribution is -0.188. The maximum Gasteiger partial charge on any atom is 0.391 e. The van der Waals surface area contributed by atoms with E-state index in [4.69, 9.17) is 0 Å². The number of rotatable bonds is 3. The molecule has 1 heterocycles. The smallest absolute Gasteiger partial charge is 0.310 e. The van der Waals surface area contributed by atoms with Crippen LogP contribution in [0.1, 0.15) is 52.4 Å². The van der Waals surface area contributed by atoms with Gasteiger partial charge in [0.05, 0.1) is 5.92 Å². The molecule has 2 fully saturated rings. The number of hydrogen-bond donors (Lipinski definition) is 1. The van der Waals surface area contributed by atoms with E-state index < -0.39 is 12.1 Å². The van der Waals surface area contributed by atoms with Crippen LogP contribution in [-0.2, 0) is 0 Å². The zero-order valence-electron chi connectivity index (χ0n) is 12.5. The Morgan fingerprint density at radius 1 is 1.05 bits per heavy atom. The van der Waals surface area contributed by atoms with E-state index in [-0.39, 0.29) is 24.9 Å². The van der Waals surface area contributed by atoms with Gasteiger partial charge in [-0.1, -0.05) is 20.3 Å². The zero-order valence-corrected chi connectivity index (χ0v) is 12.5. The van der Waals surface area contributed by atoms with Gasteiger partial charge in [0.2, 0.25) is 0 Å². The average Bonchev–Trinajstić information content (AvgIpc) is 2.38.